The molecule has 0 radical (unpaired) electrons. The maximum Gasteiger partial charge on any atom is 0.292 e. The summed E-state index contributed by atoms with van der Waals surface area (Å²) >= 11 is 5.51. The molecule has 0 bridgehead atoms. The zero-order valence-electron chi connectivity index (χ0n) is 20.6. The molecular weight excluding hydrogens is 478 g/mol. The normalized spacial score (nSPS) is 16.0. The highest BCUT2D eigenvalue weighted by atomic mass is 32.1. The molecule has 2 aliphatic heterocycles. The van der Waals surface area contributed by atoms with Crippen LogP contribution in [0.1, 0.15) is 43.0 Å². The van der Waals surface area contributed by atoms with Crippen molar-refractivity contribution in [3.63, 3.8) is 0 Å². The molecule has 2 heterocycles. The Morgan fingerprint density at radius 2 is 1.69 bits per heavy atom. The van der Waals surface area contributed by atoms with E-state index in [4.69, 9.17) is 17.0 Å². The average molecular weight is 512 g/mol. The van der Waals surface area contributed by atoms with Gasteiger partial charge in [-0.25, -0.2) is 0 Å². The molecule has 0 atom stereocenters. The number of nitrogens with one attached hydrogen (secondary N) is 1. The summed E-state index contributed by atoms with van der Waals surface area (Å²) in [6, 6.07) is 12.4. The predicted molar refractivity (Wildman–Crippen MR) is 145 cm³/mol. The molecule has 0 saturated carbocycles. The molecule has 2 aromatic rings. The number of benzene rings is 2. The van der Waals surface area contributed by atoms with Gasteiger partial charge < -0.3 is 19.4 Å². The first-order valence-corrected chi connectivity index (χ1v) is 13.0. The Kier molecular flexibility index (Phi) is 8.58. The lowest BCUT2D eigenvalue weighted by Crippen LogP contribution is -2.52. The number of piperazine rings is 1. The van der Waals surface area contributed by atoms with Crippen molar-refractivity contribution in [3.8, 4) is 5.75 Å². The van der Waals surface area contributed by atoms with Crippen LogP contribution in [-0.2, 0) is 0 Å². The topological polar surface area (TPSA) is 91.2 Å². The standard InChI is InChI=1S/C26H33N5O4S/c1-2-18-35-22-9-6-20(7-10-22)25(32)27-26(36)30-16-14-28(15-17-30)21-8-11-23(31(33)34)24(19-21)29-12-4-3-5-13-29/h6-11,19H,2-5,12-18H2,1H3,(H,27,32,36). The Balaban J connectivity index is 1.34. The Morgan fingerprint density at radius 1 is 1.00 bits per heavy atom. The van der Waals surface area contributed by atoms with E-state index in [1.54, 1.807) is 30.3 Å². The van der Waals surface area contributed by atoms with Crippen LogP contribution in [0.15, 0.2) is 42.5 Å². The quantitative estimate of drug-likeness (QED) is 0.336. The summed E-state index contributed by atoms with van der Waals surface area (Å²) in [4.78, 5) is 30.3. The van der Waals surface area contributed by atoms with Gasteiger partial charge in [-0.15, -0.1) is 0 Å². The molecule has 0 spiro atoms. The second-order valence-corrected chi connectivity index (χ2v) is 9.47. The van der Waals surface area contributed by atoms with Gasteiger partial charge in [0.2, 0.25) is 0 Å². The highest BCUT2D eigenvalue weighted by Gasteiger charge is 2.25. The van der Waals surface area contributed by atoms with E-state index < -0.39 is 0 Å². The van der Waals surface area contributed by atoms with Crippen molar-refractivity contribution in [3.05, 3.63) is 58.1 Å². The fourth-order valence-electron chi connectivity index (χ4n) is 4.59. The summed E-state index contributed by atoms with van der Waals surface area (Å²) in [5.41, 5.74) is 2.36. The third-order valence-corrected chi connectivity index (χ3v) is 6.95. The van der Waals surface area contributed by atoms with Gasteiger partial charge in [0.25, 0.3) is 11.6 Å². The van der Waals surface area contributed by atoms with Gasteiger partial charge in [-0.2, -0.15) is 0 Å². The summed E-state index contributed by atoms with van der Waals surface area (Å²) in [5, 5.41) is 14.9. The number of amides is 1. The Labute approximate surface area is 217 Å². The summed E-state index contributed by atoms with van der Waals surface area (Å²) in [6.07, 6.45) is 4.20. The second kappa shape index (κ2) is 12.0. The molecule has 10 heteroatoms. The van der Waals surface area contributed by atoms with E-state index in [-0.39, 0.29) is 16.5 Å². The fourth-order valence-corrected chi connectivity index (χ4v) is 4.86. The van der Waals surface area contributed by atoms with Crippen molar-refractivity contribution in [2.75, 3.05) is 55.7 Å². The van der Waals surface area contributed by atoms with E-state index in [2.05, 4.69) is 15.1 Å². The van der Waals surface area contributed by atoms with Crippen LogP contribution in [0.2, 0.25) is 0 Å². The highest BCUT2D eigenvalue weighted by Crippen LogP contribution is 2.34. The number of nitro benzene ring substituents is 1. The van der Waals surface area contributed by atoms with E-state index in [1.807, 2.05) is 24.0 Å². The van der Waals surface area contributed by atoms with Crippen LogP contribution in [0.4, 0.5) is 17.1 Å². The van der Waals surface area contributed by atoms with E-state index in [1.165, 1.54) is 6.42 Å². The van der Waals surface area contributed by atoms with E-state index >= 15 is 0 Å². The lowest BCUT2D eigenvalue weighted by molar-refractivity contribution is -0.384. The number of hydrogen-bond acceptors (Lipinski definition) is 7. The zero-order chi connectivity index (χ0) is 25.5. The fraction of sp³-hybridized carbons (Fsp3) is 0.462. The average Bonchev–Trinajstić information content (AvgIpc) is 2.92. The van der Waals surface area contributed by atoms with Crippen LogP contribution in [-0.4, -0.2) is 66.7 Å². The minimum absolute atomic E-state index is 0.160. The van der Waals surface area contributed by atoms with Gasteiger partial charge in [0.05, 0.1) is 11.5 Å². The third kappa shape index (κ3) is 6.23. The zero-order valence-corrected chi connectivity index (χ0v) is 21.5. The van der Waals surface area contributed by atoms with Gasteiger partial charge in [-0.05, 0) is 74.3 Å². The minimum Gasteiger partial charge on any atom is -0.494 e. The lowest BCUT2D eigenvalue weighted by atomic mass is 10.1. The Morgan fingerprint density at radius 3 is 2.33 bits per heavy atom. The molecule has 36 heavy (non-hydrogen) atoms. The number of hydrogen-bond donors (Lipinski definition) is 1. The van der Waals surface area contributed by atoms with Gasteiger partial charge >= 0.3 is 0 Å². The van der Waals surface area contributed by atoms with Crippen LogP contribution in [0, 0.1) is 10.1 Å². The van der Waals surface area contributed by atoms with Crippen molar-refractivity contribution in [1.82, 2.24) is 10.2 Å². The molecule has 0 aromatic heterocycles. The van der Waals surface area contributed by atoms with Gasteiger partial charge in [-0.3, -0.25) is 20.2 Å². The lowest BCUT2D eigenvalue weighted by Gasteiger charge is -2.37. The Bertz CT molecular complexity index is 1080. The van der Waals surface area contributed by atoms with E-state index in [0.717, 1.165) is 43.8 Å². The Hall–Kier alpha value is -3.40. The van der Waals surface area contributed by atoms with Crippen molar-refractivity contribution < 1.29 is 14.5 Å². The van der Waals surface area contributed by atoms with Crippen molar-refractivity contribution in [2.24, 2.45) is 0 Å². The number of thiocarbonyl (C=S) groups is 1. The van der Waals surface area contributed by atoms with Gasteiger partial charge in [0.1, 0.15) is 11.4 Å². The first-order chi connectivity index (χ1) is 17.5. The van der Waals surface area contributed by atoms with Crippen molar-refractivity contribution in [1.29, 1.82) is 0 Å². The smallest absolute Gasteiger partial charge is 0.292 e. The number of nitrogens with zero attached hydrogens (tertiary/aromatic N) is 4. The number of rotatable bonds is 7. The summed E-state index contributed by atoms with van der Waals surface area (Å²) in [5.74, 6) is 0.493. The predicted octanol–water partition coefficient (Wildman–Crippen LogP) is 4.21. The maximum atomic E-state index is 12.6. The molecule has 1 amide bonds. The molecule has 1 N–H and O–H groups in total. The van der Waals surface area contributed by atoms with Gasteiger partial charge in [-0.1, -0.05) is 6.92 Å². The van der Waals surface area contributed by atoms with Gasteiger partial charge in [0.15, 0.2) is 5.11 Å². The molecule has 192 valence electrons. The largest absolute Gasteiger partial charge is 0.494 e. The first kappa shape index (κ1) is 25.7. The highest BCUT2D eigenvalue weighted by molar-refractivity contribution is 7.80. The minimum atomic E-state index is -0.293. The second-order valence-electron chi connectivity index (χ2n) is 9.08. The van der Waals surface area contributed by atoms with Crippen LogP contribution in [0.25, 0.3) is 0 Å². The number of piperidine rings is 1. The summed E-state index contributed by atoms with van der Waals surface area (Å²) in [7, 11) is 0. The van der Waals surface area contributed by atoms with Crippen LogP contribution >= 0.6 is 12.2 Å². The van der Waals surface area contributed by atoms with Gasteiger partial charge in [0, 0.05) is 56.6 Å². The molecule has 9 nitrogen and oxygen atoms in total. The van der Waals surface area contributed by atoms with Crippen molar-refractivity contribution >= 4 is 40.3 Å². The molecule has 0 unspecified atom stereocenters. The summed E-state index contributed by atoms with van der Waals surface area (Å²) in [6.45, 7) is 7.09. The molecule has 0 aliphatic carbocycles. The van der Waals surface area contributed by atoms with Crippen LogP contribution < -0.4 is 19.9 Å². The first-order valence-electron chi connectivity index (χ1n) is 12.6. The maximum absolute atomic E-state index is 12.6. The number of ether oxygens (including phenoxy) is 1. The number of carbonyl (C=O) groups is 1. The van der Waals surface area contributed by atoms with Crippen LogP contribution in [0.5, 0.6) is 5.75 Å². The molecule has 2 fully saturated rings. The molecular formula is C26H33N5O4S. The van der Waals surface area contributed by atoms with Crippen molar-refractivity contribution in [2.45, 2.75) is 32.6 Å². The number of anilines is 2. The van der Waals surface area contributed by atoms with E-state index in [0.29, 0.717) is 49.1 Å². The third-order valence-electron chi connectivity index (χ3n) is 6.59. The van der Waals surface area contributed by atoms with Crippen LogP contribution in [0.3, 0.4) is 0 Å². The molecule has 2 aromatic carbocycles. The molecule has 2 aliphatic rings. The summed E-state index contributed by atoms with van der Waals surface area (Å²) < 4.78 is 5.57. The number of carbonyl (C=O) groups excluding carboxylic acids is 1. The number of nitro groups is 1. The molecule has 4 rings (SSSR count). The van der Waals surface area contributed by atoms with E-state index in [9.17, 15) is 14.9 Å². The monoisotopic (exact) mass is 511 g/mol. The SMILES string of the molecule is CCCOc1ccc(C(=O)NC(=S)N2CCN(c3ccc([N+](=O)[O-])c(N4CCCCC4)c3)CC2)cc1. The molecule has 2 saturated heterocycles.